The number of fused-ring (bicyclic) bond motifs is 16. The highest BCUT2D eigenvalue weighted by atomic mass is 14.5. The van der Waals surface area contributed by atoms with Gasteiger partial charge in [-0.05, 0) is 123 Å². The third-order valence-corrected chi connectivity index (χ3v) is 14.0. The largest absolute Gasteiger partial charge is 0.0725 e. The van der Waals surface area contributed by atoms with Crippen molar-refractivity contribution in [1.29, 1.82) is 0 Å². The Morgan fingerprint density at radius 1 is 0.217 bits per heavy atom. The Bertz CT molecular complexity index is 3120. The maximum Gasteiger partial charge on any atom is 0.0725 e. The summed E-state index contributed by atoms with van der Waals surface area (Å²) in [6.45, 7) is 0. The van der Waals surface area contributed by atoms with Gasteiger partial charge in [-0.2, -0.15) is 0 Å². The summed E-state index contributed by atoms with van der Waals surface area (Å²) in [4.78, 5) is 0. The van der Waals surface area contributed by atoms with Crippen LogP contribution in [0.4, 0.5) is 0 Å². The molecule has 60 heavy (non-hydrogen) atoms. The summed E-state index contributed by atoms with van der Waals surface area (Å²) < 4.78 is 0. The fourth-order valence-electron chi connectivity index (χ4n) is 11.6. The molecule has 0 nitrogen and oxygen atoms in total. The van der Waals surface area contributed by atoms with Crippen molar-refractivity contribution in [3.8, 4) is 55.6 Å². The van der Waals surface area contributed by atoms with E-state index in [1.165, 1.54) is 111 Å². The van der Waals surface area contributed by atoms with E-state index in [1.807, 2.05) is 0 Å². The molecule has 3 aliphatic carbocycles. The molecular weight excluding hydrogens is 721 g/mol. The summed E-state index contributed by atoms with van der Waals surface area (Å²) in [6.07, 6.45) is 0. The van der Waals surface area contributed by atoms with Crippen LogP contribution in [0.5, 0.6) is 0 Å². The van der Waals surface area contributed by atoms with Crippen LogP contribution in [0.3, 0.4) is 0 Å². The van der Waals surface area contributed by atoms with Gasteiger partial charge in [0.1, 0.15) is 0 Å². The van der Waals surface area contributed by atoms with E-state index in [0.717, 1.165) is 0 Å². The number of hydrogen-bond acceptors (Lipinski definition) is 0. The van der Waals surface area contributed by atoms with Crippen molar-refractivity contribution in [2.75, 3.05) is 0 Å². The monoisotopic (exact) mass is 758 g/mol. The van der Waals surface area contributed by atoms with E-state index in [-0.39, 0.29) is 0 Å². The van der Waals surface area contributed by atoms with Crippen LogP contribution < -0.4 is 0 Å². The maximum absolute atomic E-state index is 2.50. The molecular formula is C60H38. The first-order valence-electron chi connectivity index (χ1n) is 21.1. The molecule has 3 aliphatic rings. The lowest BCUT2D eigenvalue weighted by atomic mass is 9.67. The summed E-state index contributed by atoms with van der Waals surface area (Å²) in [5.74, 6) is 0. The van der Waals surface area contributed by atoms with E-state index < -0.39 is 10.8 Å². The lowest BCUT2D eigenvalue weighted by Crippen LogP contribution is -2.28. The van der Waals surface area contributed by atoms with Crippen molar-refractivity contribution in [1.82, 2.24) is 0 Å². The lowest BCUT2D eigenvalue weighted by Gasteiger charge is -2.34. The van der Waals surface area contributed by atoms with Crippen LogP contribution in [0.1, 0.15) is 44.5 Å². The third kappa shape index (κ3) is 4.25. The van der Waals surface area contributed by atoms with Crippen molar-refractivity contribution < 1.29 is 0 Å². The Balaban J connectivity index is 1.16. The molecule has 0 bridgehead atoms. The number of rotatable bonds is 4. The van der Waals surface area contributed by atoms with Crippen LogP contribution in [-0.4, -0.2) is 0 Å². The molecule has 0 radical (unpaired) electrons. The minimum absolute atomic E-state index is 0.448. The van der Waals surface area contributed by atoms with Gasteiger partial charge < -0.3 is 0 Å². The molecule has 0 aromatic heterocycles. The molecule has 0 saturated heterocycles. The fraction of sp³-hybridized carbons (Fsp3) is 0.0333. The molecule has 1 spiro atoms. The molecule has 0 heteroatoms. The predicted octanol–water partition coefficient (Wildman–Crippen LogP) is 14.9. The summed E-state index contributed by atoms with van der Waals surface area (Å²) in [5.41, 5.74) is 22.6. The molecule has 13 rings (SSSR count). The topological polar surface area (TPSA) is 0 Å². The van der Waals surface area contributed by atoms with E-state index in [2.05, 4.69) is 231 Å². The first-order chi connectivity index (χ1) is 29.8. The minimum atomic E-state index is -0.516. The van der Waals surface area contributed by atoms with Gasteiger partial charge in [0, 0.05) is 0 Å². The highest BCUT2D eigenvalue weighted by Crippen LogP contribution is 2.65. The van der Waals surface area contributed by atoms with Gasteiger partial charge in [-0.15, -0.1) is 0 Å². The molecule has 0 N–H and O–H groups in total. The summed E-state index contributed by atoms with van der Waals surface area (Å²) in [5, 5.41) is 2.59. The lowest BCUT2D eigenvalue weighted by molar-refractivity contribution is 0.769. The van der Waals surface area contributed by atoms with Gasteiger partial charge in [0.15, 0.2) is 0 Å². The molecule has 0 saturated carbocycles. The molecule has 0 amide bonds. The average molecular weight is 759 g/mol. The molecule has 10 aromatic carbocycles. The summed E-state index contributed by atoms with van der Waals surface area (Å²) in [6, 6.07) is 86.7. The Morgan fingerprint density at radius 2 is 0.600 bits per heavy atom. The molecule has 0 aliphatic heterocycles. The average Bonchev–Trinajstić information content (AvgIpc) is 3.92. The summed E-state index contributed by atoms with van der Waals surface area (Å²) >= 11 is 0. The normalized spacial score (nSPS) is 14.3. The van der Waals surface area contributed by atoms with Crippen molar-refractivity contribution in [2.24, 2.45) is 0 Å². The first-order valence-corrected chi connectivity index (χ1v) is 21.1. The van der Waals surface area contributed by atoms with Crippen LogP contribution in [0.2, 0.25) is 0 Å². The zero-order valence-electron chi connectivity index (χ0n) is 32.9. The Hall–Kier alpha value is -7.54. The molecule has 278 valence electrons. The quantitative estimate of drug-likeness (QED) is 0.168. The first kappa shape index (κ1) is 33.4. The minimum Gasteiger partial charge on any atom is -0.0622 e. The fourth-order valence-corrected chi connectivity index (χ4v) is 11.6. The van der Waals surface area contributed by atoms with Crippen molar-refractivity contribution in [3.63, 3.8) is 0 Å². The standard InChI is InChI=1S/C60H38/c1-5-17-39(18-6-1)41-29-31-49-55(37-41)59(43-21-9-3-10-22-43,44-23-11-4-12-24-44)53-35-33-48-47(57(49)53)34-36-54-58(48)50-32-30-42(40-19-7-2-8-20-40)38-56(50)60(54)51-27-15-13-25-45(51)46-26-14-16-28-52(46)60/h1-38H. The van der Waals surface area contributed by atoms with Crippen LogP contribution in [-0.2, 0) is 10.8 Å². The van der Waals surface area contributed by atoms with Crippen LogP contribution in [0.25, 0.3) is 66.4 Å². The van der Waals surface area contributed by atoms with Gasteiger partial charge in [-0.3, -0.25) is 0 Å². The zero-order chi connectivity index (χ0) is 39.4. The highest BCUT2D eigenvalue weighted by molar-refractivity contribution is 6.13. The van der Waals surface area contributed by atoms with E-state index in [9.17, 15) is 0 Å². The van der Waals surface area contributed by atoms with Crippen LogP contribution in [0, 0.1) is 0 Å². The Kier molecular flexibility index (Phi) is 6.95. The van der Waals surface area contributed by atoms with E-state index >= 15 is 0 Å². The van der Waals surface area contributed by atoms with Crippen LogP contribution >= 0.6 is 0 Å². The predicted molar refractivity (Wildman–Crippen MR) is 248 cm³/mol. The van der Waals surface area contributed by atoms with Gasteiger partial charge in [0.2, 0.25) is 0 Å². The molecule has 0 atom stereocenters. The van der Waals surface area contributed by atoms with Gasteiger partial charge >= 0.3 is 0 Å². The molecule has 0 heterocycles. The molecule has 10 aromatic rings. The maximum atomic E-state index is 2.50. The van der Waals surface area contributed by atoms with Crippen molar-refractivity contribution >= 4 is 10.8 Å². The smallest absolute Gasteiger partial charge is 0.0622 e. The Morgan fingerprint density at radius 3 is 1.07 bits per heavy atom. The highest BCUT2D eigenvalue weighted by Gasteiger charge is 2.53. The number of hydrogen-bond donors (Lipinski definition) is 0. The number of benzene rings is 10. The SMILES string of the molecule is c1ccc(-c2ccc3c(c2)C(c2ccccc2)(c2ccccc2)c2ccc4c5c(ccc4c2-3)C2(c3ccccc3-c3ccccc32)c2cc(-c3ccccc3)ccc2-5)cc1. The third-order valence-electron chi connectivity index (χ3n) is 14.0. The second kappa shape index (κ2) is 12.5. The van der Waals surface area contributed by atoms with Gasteiger partial charge in [-0.1, -0.05) is 218 Å². The Labute approximate surface area is 350 Å². The van der Waals surface area contributed by atoms with Crippen LogP contribution in [0.15, 0.2) is 231 Å². The van der Waals surface area contributed by atoms with Crippen molar-refractivity contribution in [3.05, 3.63) is 275 Å². The zero-order valence-corrected chi connectivity index (χ0v) is 32.9. The van der Waals surface area contributed by atoms with E-state index in [1.54, 1.807) is 0 Å². The second-order valence-corrected chi connectivity index (χ2v) is 16.6. The van der Waals surface area contributed by atoms with Gasteiger partial charge in [0.25, 0.3) is 0 Å². The van der Waals surface area contributed by atoms with E-state index in [4.69, 9.17) is 0 Å². The molecule has 0 unspecified atom stereocenters. The molecule has 0 fully saturated rings. The summed E-state index contributed by atoms with van der Waals surface area (Å²) in [7, 11) is 0. The van der Waals surface area contributed by atoms with E-state index in [0.29, 0.717) is 0 Å². The second-order valence-electron chi connectivity index (χ2n) is 16.6. The van der Waals surface area contributed by atoms with Crippen molar-refractivity contribution in [2.45, 2.75) is 10.8 Å². The van der Waals surface area contributed by atoms with Gasteiger partial charge in [-0.25, -0.2) is 0 Å². The van der Waals surface area contributed by atoms with Gasteiger partial charge in [0.05, 0.1) is 10.8 Å².